The van der Waals surface area contributed by atoms with E-state index < -0.39 is 5.97 Å². The Morgan fingerprint density at radius 2 is 2.25 bits per heavy atom. The fraction of sp³-hybridized carbons (Fsp3) is 0.154. The molecule has 0 atom stereocenters. The van der Waals surface area contributed by atoms with Crippen LogP contribution in [-0.2, 0) is 11.3 Å². The number of carboxylic acids is 1. The average molecular weight is 291 g/mol. The first-order chi connectivity index (χ1) is 9.54. The Hall–Kier alpha value is -2.28. The first kappa shape index (κ1) is 12.7. The molecular weight excluding hydrogens is 281 g/mol. The number of aromatic nitrogens is 3. The molecule has 0 unspecified atom stereocenters. The molecule has 1 N–H and O–H groups in total. The van der Waals surface area contributed by atoms with Crippen molar-refractivity contribution >= 4 is 28.4 Å². The summed E-state index contributed by atoms with van der Waals surface area (Å²) >= 11 is 1.19. The molecule has 5 nitrogen and oxygen atoms in total. The lowest BCUT2D eigenvalue weighted by atomic mass is 10.2. The van der Waals surface area contributed by atoms with Crippen LogP contribution >= 0.6 is 11.5 Å². The van der Waals surface area contributed by atoms with Gasteiger partial charge in [0.2, 0.25) is 0 Å². The van der Waals surface area contributed by atoms with Crippen molar-refractivity contribution in [2.45, 2.75) is 13.5 Å². The zero-order valence-corrected chi connectivity index (χ0v) is 11.3. The van der Waals surface area contributed by atoms with Gasteiger partial charge in [0.05, 0.1) is 5.69 Å². The fourth-order valence-electron chi connectivity index (χ4n) is 2.13. The summed E-state index contributed by atoms with van der Waals surface area (Å²) in [5.74, 6) is -0.692. The summed E-state index contributed by atoms with van der Waals surface area (Å²) in [4.78, 5) is 15.3. The monoisotopic (exact) mass is 291 g/mol. The number of aliphatic carboxylic acids is 1. The summed E-state index contributed by atoms with van der Waals surface area (Å²) in [5.41, 5.74) is 1.30. The van der Waals surface area contributed by atoms with E-state index in [0.717, 1.165) is 0 Å². The molecule has 0 amide bonds. The highest BCUT2D eigenvalue weighted by Gasteiger charge is 2.16. The molecule has 7 heteroatoms. The van der Waals surface area contributed by atoms with E-state index in [1.807, 2.05) is 0 Å². The molecule has 0 fully saturated rings. The SMILES string of the molecule is Cc1nsc(-c2cc3cc(F)ccc3n2CC(=O)O)n1. The minimum atomic E-state index is -0.964. The molecule has 0 aliphatic carbocycles. The molecule has 0 saturated heterocycles. The second-order valence-electron chi connectivity index (χ2n) is 4.36. The van der Waals surface area contributed by atoms with Gasteiger partial charge >= 0.3 is 5.97 Å². The first-order valence-electron chi connectivity index (χ1n) is 5.86. The third kappa shape index (κ3) is 2.16. The lowest BCUT2D eigenvalue weighted by Gasteiger charge is -2.05. The smallest absolute Gasteiger partial charge is 0.323 e. The molecule has 2 aromatic heterocycles. The molecule has 0 saturated carbocycles. The normalized spacial score (nSPS) is 11.1. The van der Waals surface area contributed by atoms with Gasteiger partial charge in [0.1, 0.15) is 18.2 Å². The van der Waals surface area contributed by atoms with Gasteiger partial charge in [-0.1, -0.05) is 0 Å². The van der Waals surface area contributed by atoms with Crippen LogP contribution in [0.3, 0.4) is 0 Å². The number of nitrogens with zero attached hydrogens (tertiary/aromatic N) is 3. The summed E-state index contributed by atoms with van der Waals surface area (Å²) in [6, 6.07) is 6.01. The van der Waals surface area contributed by atoms with E-state index in [9.17, 15) is 9.18 Å². The van der Waals surface area contributed by atoms with Crippen molar-refractivity contribution in [1.82, 2.24) is 13.9 Å². The van der Waals surface area contributed by atoms with Gasteiger partial charge in [0, 0.05) is 10.9 Å². The van der Waals surface area contributed by atoms with E-state index in [1.165, 1.54) is 23.7 Å². The molecule has 20 heavy (non-hydrogen) atoms. The average Bonchev–Trinajstić information content (AvgIpc) is 2.93. The van der Waals surface area contributed by atoms with Crippen LogP contribution in [-0.4, -0.2) is 25.0 Å². The standard InChI is InChI=1S/C13H10FN3O2S/c1-7-15-13(20-16-7)11-5-8-4-9(14)2-3-10(8)17(11)6-12(18)19/h2-5H,6H2,1H3,(H,18,19). The molecule has 0 spiro atoms. The molecule has 0 radical (unpaired) electrons. The van der Waals surface area contributed by atoms with Crippen molar-refractivity contribution in [3.63, 3.8) is 0 Å². The van der Waals surface area contributed by atoms with Crippen molar-refractivity contribution < 1.29 is 14.3 Å². The number of rotatable bonds is 3. The molecule has 102 valence electrons. The van der Waals surface area contributed by atoms with Crippen molar-refractivity contribution in [3.8, 4) is 10.7 Å². The second-order valence-corrected chi connectivity index (χ2v) is 5.11. The van der Waals surface area contributed by atoms with Gasteiger partial charge in [0.25, 0.3) is 0 Å². The third-order valence-electron chi connectivity index (χ3n) is 2.90. The first-order valence-corrected chi connectivity index (χ1v) is 6.63. The number of fused-ring (bicyclic) bond motifs is 1. The number of carboxylic acid groups (broad SMARTS) is 1. The van der Waals surface area contributed by atoms with Gasteiger partial charge in [-0.15, -0.1) is 0 Å². The molecule has 0 aliphatic rings. The van der Waals surface area contributed by atoms with Gasteiger partial charge in [0.15, 0.2) is 5.01 Å². The predicted molar refractivity (Wildman–Crippen MR) is 73.2 cm³/mol. The summed E-state index contributed by atoms with van der Waals surface area (Å²) < 4.78 is 19.0. The number of hydrogen-bond acceptors (Lipinski definition) is 4. The summed E-state index contributed by atoms with van der Waals surface area (Å²) in [6.07, 6.45) is 0. The molecule has 0 aliphatic heterocycles. The van der Waals surface area contributed by atoms with Crippen molar-refractivity contribution in [1.29, 1.82) is 0 Å². The van der Waals surface area contributed by atoms with E-state index in [4.69, 9.17) is 5.11 Å². The van der Waals surface area contributed by atoms with E-state index in [-0.39, 0.29) is 12.4 Å². The number of benzene rings is 1. The van der Waals surface area contributed by atoms with Crippen molar-refractivity contribution in [2.75, 3.05) is 0 Å². The van der Waals surface area contributed by atoms with Crippen LogP contribution in [0.4, 0.5) is 4.39 Å². The van der Waals surface area contributed by atoms with Crippen LogP contribution in [0.1, 0.15) is 5.82 Å². The summed E-state index contributed by atoms with van der Waals surface area (Å²) in [7, 11) is 0. The zero-order valence-electron chi connectivity index (χ0n) is 10.5. The zero-order chi connectivity index (χ0) is 14.3. The minimum absolute atomic E-state index is 0.205. The number of halogens is 1. The Morgan fingerprint density at radius 1 is 1.45 bits per heavy atom. The lowest BCUT2D eigenvalue weighted by Crippen LogP contribution is -2.09. The maximum Gasteiger partial charge on any atom is 0.323 e. The third-order valence-corrected chi connectivity index (χ3v) is 3.73. The van der Waals surface area contributed by atoms with E-state index >= 15 is 0 Å². The van der Waals surface area contributed by atoms with Crippen LogP contribution in [0, 0.1) is 12.7 Å². The minimum Gasteiger partial charge on any atom is -0.480 e. The van der Waals surface area contributed by atoms with E-state index in [0.29, 0.717) is 27.4 Å². The Balaban J connectivity index is 2.26. The fourth-order valence-corrected chi connectivity index (χ4v) is 2.82. The van der Waals surface area contributed by atoms with Crippen molar-refractivity contribution in [2.24, 2.45) is 0 Å². The molecule has 1 aromatic carbocycles. The number of hydrogen-bond donors (Lipinski definition) is 1. The predicted octanol–water partition coefficient (Wildman–Crippen LogP) is 2.69. The second kappa shape index (κ2) is 4.68. The quantitative estimate of drug-likeness (QED) is 0.805. The summed E-state index contributed by atoms with van der Waals surface area (Å²) in [5, 5.41) is 10.3. The molecule has 3 rings (SSSR count). The Kier molecular flexibility index (Phi) is 2.98. The highest BCUT2D eigenvalue weighted by molar-refractivity contribution is 7.09. The van der Waals surface area contributed by atoms with Gasteiger partial charge in [-0.3, -0.25) is 4.79 Å². The van der Waals surface area contributed by atoms with E-state index in [2.05, 4.69) is 9.36 Å². The van der Waals surface area contributed by atoms with Gasteiger partial charge in [-0.25, -0.2) is 9.37 Å². The number of aryl methyl sites for hydroxylation is 1. The highest BCUT2D eigenvalue weighted by atomic mass is 32.1. The molecule has 0 bridgehead atoms. The maximum absolute atomic E-state index is 13.3. The summed E-state index contributed by atoms with van der Waals surface area (Å²) in [6.45, 7) is 1.56. The Labute approximate surface area is 117 Å². The Bertz CT molecular complexity index is 809. The van der Waals surface area contributed by atoms with Crippen LogP contribution in [0.2, 0.25) is 0 Å². The van der Waals surface area contributed by atoms with Crippen molar-refractivity contribution in [3.05, 3.63) is 35.9 Å². The number of carbonyl (C=O) groups is 1. The topological polar surface area (TPSA) is 68.0 Å². The largest absolute Gasteiger partial charge is 0.480 e. The van der Waals surface area contributed by atoms with Crippen LogP contribution in [0.15, 0.2) is 24.3 Å². The molecule has 3 aromatic rings. The maximum atomic E-state index is 13.3. The molecule has 2 heterocycles. The van der Waals surface area contributed by atoms with Crippen LogP contribution in [0.5, 0.6) is 0 Å². The highest BCUT2D eigenvalue weighted by Crippen LogP contribution is 2.29. The van der Waals surface area contributed by atoms with Crippen LogP contribution < -0.4 is 0 Å². The van der Waals surface area contributed by atoms with Gasteiger partial charge in [-0.05, 0) is 42.7 Å². The van der Waals surface area contributed by atoms with Crippen LogP contribution in [0.25, 0.3) is 21.6 Å². The lowest BCUT2D eigenvalue weighted by molar-refractivity contribution is -0.137. The van der Waals surface area contributed by atoms with Gasteiger partial charge in [-0.2, -0.15) is 4.37 Å². The van der Waals surface area contributed by atoms with Gasteiger partial charge < -0.3 is 9.67 Å². The molecular formula is C13H10FN3O2S. The van der Waals surface area contributed by atoms with E-state index in [1.54, 1.807) is 23.6 Å². The Morgan fingerprint density at radius 3 is 2.90 bits per heavy atom.